The van der Waals surface area contributed by atoms with E-state index in [0.29, 0.717) is 24.2 Å². The quantitative estimate of drug-likeness (QED) is 0.579. The van der Waals surface area contributed by atoms with Crippen LogP contribution in [-0.4, -0.2) is 66.6 Å². The molecule has 2 amide bonds. The third-order valence-corrected chi connectivity index (χ3v) is 6.48. The third kappa shape index (κ3) is 7.70. The lowest BCUT2D eigenvalue weighted by Crippen LogP contribution is -2.48. The van der Waals surface area contributed by atoms with E-state index in [4.69, 9.17) is 9.90 Å². The molecule has 4 rings (SSSR count). The number of carboxylic acids is 1. The molecular weight excluding hydrogens is 427 g/mol. The normalized spacial score (nSPS) is 22.2. The lowest BCUT2D eigenvalue weighted by Gasteiger charge is -2.38. The van der Waals surface area contributed by atoms with Gasteiger partial charge in [0.15, 0.2) is 0 Å². The zero-order valence-corrected chi connectivity index (χ0v) is 19.3. The number of benzene rings is 1. The van der Waals surface area contributed by atoms with E-state index in [0.717, 1.165) is 39.0 Å². The Hall–Kier alpha value is -2.68. The first-order valence-corrected chi connectivity index (χ1v) is 11.9. The van der Waals surface area contributed by atoms with Gasteiger partial charge in [-0.3, -0.25) is 24.6 Å². The first-order valence-electron chi connectivity index (χ1n) is 11.9. The van der Waals surface area contributed by atoms with Gasteiger partial charge in [-0.1, -0.05) is 19.3 Å². The maximum absolute atomic E-state index is 14.8. The minimum Gasteiger partial charge on any atom is -0.481 e. The first-order chi connectivity index (χ1) is 15.8. The Kier molecular flexibility index (Phi) is 9.05. The maximum Gasteiger partial charge on any atom is 0.300 e. The summed E-state index contributed by atoms with van der Waals surface area (Å²) >= 11 is 0. The zero-order chi connectivity index (χ0) is 23.8. The van der Waals surface area contributed by atoms with Crippen molar-refractivity contribution < 1.29 is 23.9 Å². The second kappa shape index (κ2) is 12.0. The number of aliphatic carboxylic acids is 1. The Labute approximate surface area is 194 Å². The number of nitrogens with one attached hydrogen (secondary N) is 2. The smallest absolute Gasteiger partial charge is 0.300 e. The van der Waals surface area contributed by atoms with Crippen LogP contribution < -0.4 is 15.5 Å². The van der Waals surface area contributed by atoms with Crippen molar-refractivity contribution in [2.24, 2.45) is 5.92 Å². The van der Waals surface area contributed by atoms with E-state index < -0.39 is 12.0 Å². The lowest BCUT2D eigenvalue weighted by atomic mass is 9.89. The molecule has 2 saturated heterocycles. The van der Waals surface area contributed by atoms with Crippen molar-refractivity contribution in [3.8, 4) is 0 Å². The number of amides is 2. The molecule has 1 aromatic carbocycles. The highest BCUT2D eigenvalue weighted by Crippen LogP contribution is 2.27. The summed E-state index contributed by atoms with van der Waals surface area (Å²) < 4.78 is 14.8. The van der Waals surface area contributed by atoms with Crippen molar-refractivity contribution in [1.82, 2.24) is 10.2 Å². The average molecular weight is 463 g/mol. The van der Waals surface area contributed by atoms with E-state index in [9.17, 15) is 14.0 Å². The topological polar surface area (TPSA) is 102 Å². The highest BCUT2D eigenvalue weighted by Gasteiger charge is 2.27. The van der Waals surface area contributed by atoms with Crippen LogP contribution in [0.25, 0.3) is 0 Å². The van der Waals surface area contributed by atoms with Crippen LogP contribution in [0.3, 0.4) is 0 Å². The summed E-state index contributed by atoms with van der Waals surface area (Å²) in [5.74, 6) is -0.871. The lowest BCUT2D eigenvalue weighted by molar-refractivity contribution is -0.135. The number of rotatable bonds is 5. The van der Waals surface area contributed by atoms with Gasteiger partial charge in [0.25, 0.3) is 5.97 Å². The molecule has 0 spiro atoms. The van der Waals surface area contributed by atoms with Crippen molar-refractivity contribution in [3.63, 3.8) is 0 Å². The largest absolute Gasteiger partial charge is 0.481 e. The second-order valence-corrected chi connectivity index (χ2v) is 9.12. The molecule has 1 aromatic rings. The minimum atomic E-state index is -0.833. The van der Waals surface area contributed by atoms with Gasteiger partial charge >= 0.3 is 0 Å². The van der Waals surface area contributed by atoms with Crippen LogP contribution in [0.5, 0.6) is 0 Å². The van der Waals surface area contributed by atoms with Gasteiger partial charge in [0, 0.05) is 51.8 Å². The monoisotopic (exact) mass is 462 g/mol. The Morgan fingerprint density at radius 1 is 1.12 bits per heavy atom. The number of anilines is 2. The number of carboxylic acid groups (broad SMARTS) is 1. The molecule has 3 N–H and O–H groups in total. The summed E-state index contributed by atoms with van der Waals surface area (Å²) in [7, 11) is 0. The molecule has 1 unspecified atom stereocenters. The molecule has 2 aliphatic heterocycles. The van der Waals surface area contributed by atoms with Gasteiger partial charge < -0.3 is 15.3 Å². The summed E-state index contributed by atoms with van der Waals surface area (Å²) in [5.41, 5.74) is 1.19. The molecule has 182 valence electrons. The molecule has 2 heterocycles. The average Bonchev–Trinajstić information content (AvgIpc) is 2.77. The highest BCUT2D eigenvalue weighted by molar-refractivity contribution is 6.01. The van der Waals surface area contributed by atoms with E-state index in [1.54, 1.807) is 6.07 Å². The second-order valence-electron chi connectivity index (χ2n) is 9.12. The number of carbonyl (C=O) groups excluding carboxylic acids is 2. The van der Waals surface area contributed by atoms with Crippen LogP contribution in [0.1, 0.15) is 51.9 Å². The predicted molar refractivity (Wildman–Crippen MR) is 125 cm³/mol. The molecule has 9 heteroatoms. The van der Waals surface area contributed by atoms with Gasteiger partial charge in [-0.05, 0) is 43.4 Å². The molecule has 0 aromatic heterocycles. The molecule has 0 bridgehead atoms. The fourth-order valence-corrected chi connectivity index (χ4v) is 4.79. The van der Waals surface area contributed by atoms with E-state index in [1.165, 1.54) is 44.7 Å². The molecule has 3 fully saturated rings. The van der Waals surface area contributed by atoms with Crippen LogP contribution in [0.15, 0.2) is 18.2 Å². The number of halogens is 1. The van der Waals surface area contributed by atoms with Crippen molar-refractivity contribution in [3.05, 3.63) is 24.0 Å². The number of piperazine rings is 1. The summed E-state index contributed by atoms with van der Waals surface area (Å²) in [6.45, 7) is 5.90. The summed E-state index contributed by atoms with van der Waals surface area (Å²) in [5, 5.41) is 12.8. The van der Waals surface area contributed by atoms with Gasteiger partial charge in [0.2, 0.25) is 11.8 Å². The summed E-state index contributed by atoms with van der Waals surface area (Å²) in [6, 6.07) is 4.56. The molecule has 1 aliphatic carbocycles. The van der Waals surface area contributed by atoms with E-state index in [-0.39, 0.29) is 17.6 Å². The molecular formula is C24H35FN4O4. The number of nitrogens with zero attached hydrogens (tertiary/aromatic N) is 2. The molecule has 3 aliphatic rings. The Morgan fingerprint density at radius 2 is 1.79 bits per heavy atom. The van der Waals surface area contributed by atoms with Crippen molar-refractivity contribution in [2.75, 3.05) is 42.9 Å². The molecule has 33 heavy (non-hydrogen) atoms. The van der Waals surface area contributed by atoms with Gasteiger partial charge in [-0.15, -0.1) is 0 Å². The molecule has 1 atom stereocenters. The first kappa shape index (κ1) is 25.0. The van der Waals surface area contributed by atoms with Crippen molar-refractivity contribution >= 4 is 29.2 Å². The molecule has 8 nitrogen and oxygen atoms in total. The van der Waals surface area contributed by atoms with Gasteiger partial charge in [-0.25, -0.2) is 4.39 Å². The fourth-order valence-electron chi connectivity index (χ4n) is 4.79. The Bertz CT molecular complexity index is 832. The van der Waals surface area contributed by atoms with E-state index >= 15 is 0 Å². The summed E-state index contributed by atoms with van der Waals surface area (Å²) in [6.07, 6.45) is 7.57. The highest BCUT2D eigenvalue weighted by atomic mass is 19.1. The maximum atomic E-state index is 14.8. The number of imide groups is 1. The number of carbonyl (C=O) groups is 3. The van der Waals surface area contributed by atoms with Crippen molar-refractivity contribution in [1.29, 1.82) is 0 Å². The number of hydrogen-bond acceptors (Lipinski definition) is 6. The van der Waals surface area contributed by atoms with Gasteiger partial charge in [-0.2, -0.15) is 0 Å². The Balaban J connectivity index is 0.000000709. The van der Waals surface area contributed by atoms with Crippen LogP contribution >= 0.6 is 0 Å². The fraction of sp³-hybridized carbons (Fsp3) is 0.625. The standard InChI is InChI=1S/C22H31FN4O2.C2H4O2/c23-18-14-17(24-19-7-9-21(28)25-22(19)29)6-8-20(18)27-12-10-26(11-13-27)15-16-4-2-1-3-5-16;1-2(3)4/h6,8,14,16,19,24H,1-5,7,9-13,15H2,(H,25,28,29);1H3,(H,3,4). The third-order valence-electron chi connectivity index (χ3n) is 6.48. The van der Waals surface area contributed by atoms with Gasteiger partial charge in [0.1, 0.15) is 11.9 Å². The van der Waals surface area contributed by atoms with Gasteiger partial charge in [0.05, 0.1) is 5.69 Å². The zero-order valence-electron chi connectivity index (χ0n) is 19.3. The van der Waals surface area contributed by atoms with Crippen LogP contribution in [0.2, 0.25) is 0 Å². The van der Waals surface area contributed by atoms with Crippen LogP contribution in [0.4, 0.5) is 15.8 Å². The molecule has 1 saturated carbocycles. The van der Waals surface area contributed by atoms with E-state index in [1.807, 2.05) is 6.07 Å². The van der Waals surface area contributed by atoms with Crippen molar-refractivity contribution in [2.45, 2.75) is 57.9 Å². The minimum absolute atomic E-state index is 0.253. The number of piperidine rings is 1. The van der Waals surface area contributed by atoms with E-state index in [2.05, 4.69) is 20.4 Å². The van der Waals surface area contributed by atoms with Crippen LogP contribution in [0, 0.1) is 11.7 Å². The molecule has 0 radical (unpaired) electrons. The van der Waals surface area contributed by atoms with Crippen LogP contribution in [-0.2, 0) is 14.4 Å². The number of hydrogen-bond donors (Lipinski definition) is 3. The SMILES string of the molecule is CC(=O)O.O=C1CCC(Nc2ccc(N3CCN(CC4CCCCC4)CC3)c(F)c2)C(=O)N1. The summed E-state index contributed by atoms with van der Waals surface area (Å²) in [4.78, 5) is 36.8. The Morgan fingerprint density at radius 3 is 2.39 bits per heavy atom. The predicted octanol–water partition coefficient (Wildman–Crippen LogP) is 2.84.